The molecule has 5 nitrogen and oxygen atoms in total. The Labute approximate surface area is 158 Å². The normalized spacial score (nSPS) is 12.0. The van der Waals surface area contributed by atoms with Crippen LogP contribution in [-0.2, 0) is 6.54 Å². The lowest BCUT2D eigenvalue weighted by atomic mass is 10.1. The quantitative estimate of drug-likeness (QED) is 0.431. The van der Waals surface area contributed by atoms with Crippen LogP contribution in [0.5, 0.6) is 0 Å². The van der Waals surface area contributed by atoms with E-state index in [2.05, 4.69) is 15.6 Å². The molecule has 2 aromatic rings. The summed E-state index contributed by atoms with van der Waals surface area (Å²) in [6, 6.07) is 9.98. The fourth-order valence-electron chi connectivity index (χ4n) is 2.12. The summed E-state index contributed by atoms with van der Waals surface area (Å²) in [5, 5.41) is 15.1. The van der Waals surface area contributed by atoms with E-state index in [0.717, 1.165) is 11.5 Å². The van der Waals surface area contributed by atoms with E-state index in [0.29, 0.717) is 17.1 Å². The van der Waals surface area contributed by atoms with Crippen LogP contribution in [0.25, 0.3) is 0 Å². The maximum Gasteiger partial charge on any atom is 0.191 e. The van der Waals surface area contributed by atoms with Crippen molar-refractivity contribution in [2.45, 2.75) is 26.4 Å². The second kappa shape index (κ2) is 9.27. The van der Waals surface area contributed by atoms with Crippen molar-refractivity contribution in [2.24, 2.45) is 4.99 Å². The Bertz CT molecular complexity index is 751. The predicted molar refractivity (Wildman–Crippen MR) is 102 cm³/mol. The van der Waals surface area contributed by atoms with Crippen LogP contribution in [0.15, 0.2) is 39.7 Å². The van der Waals surface area contributed by atoms with Crippen molar-refractivity contribution in [2.75, 3.05) is 7.05 Å². The molecule has 1 aromatic heterocycles. The first-order chi connectivity index (χ1) is 11.0. The number of benzene rings is 1. The van der Waals surface area contributed by atoms with Gasteiger partial charge in [-0.3, -0.25) is 4.99 Å². The predicted octanol–water partition coefficient (Wildman–Crippen LogP) is 3.64. The van der Waals surface area contributed by atoms with Gasteiger partial charge in [-0.05, 0) is 44.2 Å². The molecule has 0 spiro atoms. The smallest absolute Gasteiger partial charge is 0.191 e. The second-order valence-corrected chi connectivity index (χ2v) is 5.16. The number of rotatable bonds is 4. The molecule has 0 aliphatic rings. The molecule has 0 bridgehead atoms. The third kappa shape index (κ3) is 5.23. The average Bonchev–Trinajstić information content (AvgIpc) is 2.99. The molecule has 1 atom stereocenters. The Morgan fingerprint density at radius 1 is 1.38 bits per heavy atom. The highest BCUT2D eigenvalue weighted by Crippen LogP contribution is 2.15. The molecule has 24 heavy (non-hydrogen) atoms. The molecule has 1 heterocycles. The number of nitriles is 1. The minimum atomic E-state index is -0.360. The van der Waals surface area contributed by atoms with E-state index in [1.165, 1.54) is 18.2 Å². The lowest BCUT2D eigenvalue weighted by Gasteiger charge is -2.16. The van der Waals surface area contributed by atoms with E-state index in [1.54, 1.807) is 7.05 Å². The third-order valence-corrected chi connectivity index (χ3v) is 3.39. The van der Waals surface area contributed by atoms with Crippen LogP contribution in [-0.4, -0.2) is 13.0 Å². The van der Waals surface area contributed by atoms with Gasteiger partial charge in [-0.25, -0.2) is 4.39 Å². The van der Waals surface area contributed by atoms with Crippen LogP contribution in [0.1, 0.15) is 35.6 Å². The fourth-order valence-corrected chi connectivity index (χ4v) is 2.12. The Kier molecular flexibility index (Phi) is 7.71. The van der Waals surface area contributed by atoms with E-state index in [9.17, 15) is 4.39 Å². The van der Waals surface area contributed by atoms with Crippen molar-refractivity contribution in [3.8, 4) is 6.07 Å². The molecule has 2 N–H and O–H groups in total. The molecule has 7 heteroatoms. The molecule has 2 rings (SSSR count). The number of hydrogen-bond acceptors (Lipinski definition) is 3. The molecule has 128 valence electrons. The van der Waals surface area contributed by atoms with Crippen molar-refractivity contribution in [3.63, 3.8) is 0 Å². The van der Waals surface area contributed by atoms with Gasteiger partial charge in [0.2, 0.25) is 0 Å². The van der Waals surface area contributed by atoms with Gasteiger partial charge in [0.05, 0.1) is 17.7 Å². The first-order valence-corrected chi connectivity index (χ1v) is 7.25. The van der Waals surface area contributed by atoms with Gasteiger partial charge in [0.15, 0.2) is 5.96 Å². The van der Waals surface area contributed by atoms with Crippen LogP contribution in [0.3, 0.4) is 0 Å². The number of halogens is 2. The Balaban J connectivity index is 0.00000288. The number of nitrogens with zero attached hydrogens (tertiary/aromatic N) is 2. The zero-order valence-corrected chi connectivity index (χ0v) is 16.1. The summed E-state index contributed by atoms with van der Waals surface area (Å²) < 4.78 is 19.3. The minimum absolute atomic E-state index is 0. The molecule has 1 unspecified atom stereocenters. The summed E-state index contributed by atoms with van der Waals surface area (Å²) in [6.45, 7) is 4.06. The highest BCUT2D eigenvalue weighted by Gasteiger charge is 2.12. The van der Waals surface area contributed by atoms with Gasteiger partial charge < -0.3 is 15.1 Å². The molecule has 0 aliphatic carbocycles. The van der Waals surface area contributed by atoms with Crippen LogP contribution >= 0.6 is 24.0 Å². The van der Waals surface area contributed by atoms with Gasteiger partial charge in [0.25, 0.3) is 0 Å². The lowest BCUT2D eigenvalue weighted by molar-refractivity contribution is 0.441. The van der Waals surface area contributed by atoms with Gasteiger partial charge in [-0.2, -0.15) is 5.26 Å². The van der Waals surface area contributed by atoms with E-state index in [-0.39, 0.29) is 42.4 Å². The zero-order valence-electron chi connectivity index (χ0n) is 13.8. The first kappa shape index (κ1) is 20.0. The van der Waals surface area contributed by atoms with E-state index < -0.39 is 0 Å². The molecule has 0 amide bonds. The highest BCUT2D eigenvalue weighted by atomic mass is 127. The molecule has 0 saturated carbocycles. The van der Waals surface area contributed by atoms with Crippen molar-refractivity contribution in [1.29, 1.82) is 5.26 Å². The number of nitrogens with one attached hydrogen (secondary N) is 2. The molecule has 0 saturated heterocycles. The molecular formula is C17H20FIN4O. The number of guanidine groups is 1. The summed E-state index contributed by atoms with van der Waals surface area (Å²) in [4.78, 5) is 4.11. The van der Waals surface area contributed by atoms with Gasteiger partial charge in [0, 0.05) is 19.2 Å². The molecular weight excluding hydrogens is 422 g/mol. The maximum absolute atomic E-state index is 13.8. The van der Waals surface area contributed by atoms with Gasteiger partial charge in [0.1, 0.15) is 17.3 Å². The van der Waals surface area contributed by atoms with Crippen LogP contribution in [0.2, 0.25) is 0 Å². The van der Waals surface area contributed by atoms with E-state index in [4.69, 9.17) is 9.68 Å². The fraction of sp³-hybridized carbons (Fsp3) is 0.294. The second-order valence-electron chi connectivity index (χ2n) is 5.16. The topological polar surface area (TPSA) is 73.3 Å². The number of aryl methyl sites for hydroxylation is 1. The largest absolute Gasteiger partial charge is 0.464 e. The number of hydrogen-bond donors (Lipinski definition) is 2. The van der Waals surface area contributed by atoms with Crippen LogP contribution < -0.4 is 10.6 Å². The highest BCUT2D eigenvalue weighted by molar-refractivity contribution is 14.0. The SMILES string of the molecule is CN=C(NCc1cc(C#N)ccc1F)NC(C)c1ccc(C)o1.I. The zero-order chi connectivity index (χ0) is 16.8. The van der Waals surface area contributed by atoms with Gasteiger partial charge in [-0.1, -0.05) is 0 Å². The average molecular weight is 442 g/mol. The monoisotopic (exact) mass is 442 g/mol. The van der Waals surface area contributed by atoms with E-state index >= 15 is 0 Å². The summed E-state index contributed by atoms with van der Waals surface area (Å²) in [7, 11) is 1.64. The standard InChI is InChI=1S/C17H19FN4O.HI/c1-11-4-7-16(23-11)12(2)22-17(20-3)21-10-14-8-13(9-19)5-6-15(14)18;/h4-8,12H,10H2,1-3H3,(H2,20,21,22);1H. The Hall–Kier alpha value is -2.08. The summed E-state index contributed by atoms with van der Waals surface area (Å²) in [5.74, 6) is 1.80. The third-order valence-electron chi connectivity index (χ3n) is 3.39. The van der Waals surface area contributed by atoms with Crippen molar-refractivity contribution in [1.82, 2.24) is 10.6 Å². The van der Waals surface area contributed by atoms with Crippen molar-refractivity contribution < 1.29 is 8.81 Å². The molecule has 0 fully saturated rings. The summed E-state index contributed by atoms with van der Waals surface area (Å²) in [6.07, 6.45) is 0. The Morgan fingerprint density at radius 2 is 2.12 bits per heavy atom. The molecule has 0 aliphatic heterocycles. The van der Waals surface area contributed by atoms with Gasteiger partial charge >= 0.3 is 0 Å². The number of aliphatic imine (C=N–C) groups is 1. The maximum atomic E-state index is 13.8. The molecule has 0 radical (unpaired) electrons. The van der Waals surface area contributed by atoms with Crippen molar-refractivity contribution >= 4 is 29.9 Å². The minimum Gasteiger partial charge on any atom is -0.464 e. The van der Waals surface area contributed by atoms with Crippen LogP contribution in [0.4, 0.5) is 4.39 Å². The first-order valence-electron chi connectivity index (χ1n) is 7.25. The van der Waals surface area contributed by atoms with Crippen LogP contribution in [0, 0.1) is 24.1 Å². The van der Waals surface area contributed by atoms with Gasteiger partial charge in [-0.15, -0.1) is 24.0 Å². The summed E-state index contributed by atoms with van der Waals surface area (Å²) in [5.41, 5.74) is 0.832. The lowest BCUT2D eigenvalue weighted by Crippen LogP contribution is -2.38. The molecule has 1 aromatic carbocycles. The Morgan fingerprint density at radius 3 is 2.71 bits per heavy atom. The number of furan rings is 1. The summed E-state index contributed by atoms with van der Waals surface area (Å²) >= 11 is 0. The van der Waals surface area contributed by atoms with E-state index in [1.807, 2.05) is 32.0 Å². The van der Waals surface area contributed by atoms with Crippen molar-refractivity contribution in [3.05, 3.63) is 58.8 Å².